The Labute approximate surface area is 179 Å². The SMILES string of the molecule is O=C(CCSCc1nc2sc3c(c2c(=O)[nH]1)CCC3)Nc1ccc(Cl)c(Cl)c1. The van der Waals surface area contributed by atoms with Gasteiger partial charge in [0.25, 0.3) is 5.56 Å². The van der Waals surface area contributed by atoms with Crippen molar-refractivity contribution in [2.75, 3.05) is 11.1 Å². The monoisotopic (exact) mass is 453 g/mol. The maximum absolute atomic E-state index is 12.4. The van der Waals surface area contributed by atoms with Crippen LogP contribution in [0.5, 0.6) is 0 Å². The van der Waals surface area contributed by atoms with Gasteiger partial charge in [0.05, 0.1) is 21.2 Å². The smallest absolute Gasteiger partial charge is 0.259 e. The molecule has 0 radical (unpaired) electrons. The van der Waals surface area contributed by atoms with E-state index in [1.807, 2.05) is 0 Å². The molecule has 0 bridgehead atoms. The second-order valence-electron chi connectivity index (χ2n) is 6.53. The number of nitrogens with zero attached hydrogens (tertiary/aromatic N) is 1. The third-order valence-corrected chi connectivity index (χ3v) is 7.43. The first kappa shape index (κ1) is 19.8. The molecule has 1 aliphatic rings. The fraction of sp³-hybridized carbons (Fsp3) is 0.316. The zero-order chi connectivity index (χ0) is 19.7. The van der Waals surface area contributed by atoms with Crippen molar-refractivity contribution in [1.82, 2.24) is 9.97 Å². The maximum atomic E-state index is 12.4. The molecule has 1 aliphatic carbocycles. The number of aromatic amines is 1. The average Bonchev–Trinajstić information content (AvgIpc) is 3.22. The third kappa shape index (κ3) is 4.22. The Bertz CT molecular complexity index is 1110. The van der Waals surface area contributed by atoms with E-state index in [-0.39, 0.29) is 11.5 Å². The van der Waals surface area contributed by atoms with Gasteiger partial charge < -0.3 is 10.3 Å². The van der Waals surface area contributed by atoms with Gasteiger partial charge in [0.2, 0.25) is 5.91 Å². The first-order valence-electron chi connectivity index (χ1n) is 8.87. The van der Waals surface area contributed by atoms with Crippen LogP contribution in [0.1, 0.15) is 29.1 Å². The Balaban J connectivity index is 1.31. The average molecular weight is 454 g/mol. The molecule has 1 aromatic carbocycles. The van der Waals surface area contributed by atoms with Crippen LogP contribution in [0.15, 0.2) is 23.0 Å². The van der Waals surface area contributed by atoms with Crippen LogP contribution in [0.2, 0.25) is 10.0 Å². The number of carbonyl (C=O) groups is 1. The van der Waals surface area contributed by atoms with Crippen LogP contribution in [-0.2, 0) is 23.4 Å². The molecule has 3 aromatic rings. The number of hydrogen-bond donors (Lipinski definition) is 2. The molecule has 0 aliphatic heterocycles. The molecule has 0 fully saturated rings. The second kappa shape index (κ2) is 8.45. The van der Waals surface area contributed by atoms with Gasteiger partial charge >= 0.3 is 0 Å². The molecule has 2 heterocycles. The van der Waals surface area contributed by atoms with E-state index in [4.69, 9.17) is 23.2 Å². The number of aryl methyl sites for hydroxylation is 2. The predicted molar refractivity (Wildman–Crippen MR) is 118 cm³/mol. The zero-order valence-corrected chi connectivity index (χ0v) is 18.0. The van der Waals surface area contributed by atoms with Gasteiger partial charge in [0.1, 0.15) is 10.7 Å². The molecule has 5 nitrogen and oxygen atoms in total. The van der Waals surface area contributed by atoms with E-state index < -0.39 is 0 Å². The number of nitrogens with one attached hydrogen (secondary N) is 2. The van der Waals surface area contributed by atoms with Gasteiger partial charge in [-0.1, -0.05) is 23.2 Å². The summed E-state index contributed by atoms with van der Waals surface area (Å²) in [5.74, 6) is 1.74. The molecule has 9 heteroatoms. The lowest BCUT2D eigenvalue weighted by Gasteiger charge is -2.06. The number of thiophene rings is 1. The first-order valence-corrected chi connectivity index (χ1v) is 11.6. The van der Waals surface area contributed by atoms with Crippen LogP contribution >= 0.6 is 46.3 Å². The van der Waals surface area contributed by atoms with Crippen LogP contribution in [0, 0.1) is 0 Å². The van der Waals surface area contributed by atoms with Crippen LogP contribution in [-0.4, -0.2) is 21.6 Å². The molecule has 146 valence electrons. The summed E-state index contributed by atoms with van der Waals surface area (Å²) in [6.07, 6.45) is 3.50. The van der Waals surface area contributed by atoms with Crippen LogP contribution in [0.4, 0.5) is 5.69 Å². The van der Waals surface area contributed by atoms with E-state index in [1.165, 1.54) is 10.4 Å². The highest BCUT2D eigenvalue weighted by molar-refractivity contribution is 7.98. The number of carbonyl (C=O) groups excluding carboxylic acids is 1. The summed E-state index contributed by atoms with van der Waals surface area (Å²) in [5, 5.41) is 4.42. The van der Waals surface area contributed by atoms with Crippen molar-refractivity contribution in [2.24, 2.45) is 0 Å². The molecule has 0 saturated heterocycles. The molecule has 2 N–H and O–H groups in total. The van der Waals surface area contributed by atoms with E-state index in [2.05, 4.69) is 15.3 Å². The van der Waals surface area contributed by atoms with Crippen molar-refractivity contribution in [1.29, 1.82) is 0 Å². The van der Waals surface area contributed by atoms with Gasteiger partial charge in [0.15, 0.2) is 0 Å². The van der Waals surface area contributed by atoms with Crippen molar-refractivity contribution in [3.05, 3.63) is 54.9 Å². The minimum atomic E-state index is -0.0996. The molecular formula is C19H17Cl2N3O2S2. The molecule has 2 aromatic heterocycles. The zero-order valence-electron chi connectivity index (χ0n) is 14.8. The summed E-state index contributed by atoms with van der Waals surface area (Å²) in [6, 6.07) is 4.98. The van der Waals surface area contributed by atoms with Gasteiger partial charge in [-0.05, 0) is 43.0 Å². The largest absolute Gasteiger partial charge is 0.326 e. The van der Waals surface area contributed by atoms with E-state index in [0.29, 0.717) is 39.5 Å². The number of anilines is 1. The molecular weight excluding hydrogens is 437 g/mol. The minimum Gasteiger partial charge on any atom is -0.326 e. The first-order chi connectivity index (χ1) is 13.5. The van der Waals surface area contributed by atoms with Gasteiger partial charge in [-0.2, -0.15) is 11.8 Å². The molecule has 0 spiro atoms. The number of halogens is 2. The second-order valence-corrected chi connectivity index (χ2v) is 9.53. The highest BCUT2D eigenvalue weighted by Crippen LogP contribution is 2.34. The van der Waals surface area contributed by atoms with E-state index in [1.54, 1.807) is 41.3 Å². The number of amides is 1. The summed E-state index contributed by atoms with van der Waals surface area (Å²) in [4.78, 5) is 34.1. The number of benzene rings is 1. The normalized spacial score (nSPS) is 13.1. The quantitative estimate of drug-likeness (QED) is 0.512. The Kier molecular flexibility index (Phi) is 5.96. The Morgan fingerprint density at radius 2 is 2.14 bits per heavy atom. The van der Waals surface area contributed by atoms with Gasteiger partial charge in [0, 0.05) is 22.7 Å². The third-order valence-electron chi connectivity index (χ3n) is 4.54. The van der Waals surface area contributed by atoms with Crippen molar-refractivity contribution >= 4 is 68.1 Å². The van der Waals surface area contributed by atoms with Gasteiger partial charge in [-0.15, -0.1) is 11.3 Å². The molecule has 0 saturated carbocycles. The Morgan fingerprint density at radius 3 is 2.96 bits per heavy atom. The van der Waals surface area contributed by atoms with Crippen LogP contribution < -0.4 is 10.9 Å². The molecule has 0 unspecified atom stereocenters. The number of aromatic nitrogens is 2. The van der Waals surface area contributed by atoms with E-state index >= 15 is 0 Å². The van der Waals surface area contributed by atoms with Crippen molar-refractivity contribution < 1.29 is 4.79 Å². The Hall–Kier alpha value is -1.54. The molecule has 4 rings (SSSR count). The van der Waals surface area contributed by atoms with Crippen molar-refractivity contribution in [2.45, 2.75) is 31.4 Å². The maximum Gasteiger partial charge on any atom is 0.259 e. The lowest BCUT2D eigenvalue weighted by molar-refractivity contribution is -0.115. The number of H-pyrrole nitrogens is 1. The topological polar surface area (TPSA) is 74.8 Å². The predicted octanol–water partition coefficient (Wildman–Crippen LogP) is 5.04. The molecule has 0 atom stereocenters. The Morgan fingerprint density at radius 1 is 1.29 bits per heavy atom. The fourth-order valence-electron chi connectivity index (χ4n) is 3.25. The van der Waals surface area contributed by atoms with Crippen molar-refractivity contribution in [3.63, 3.8) is 0 Å². The lowest BCUT2D eigenvalue weighted by atomic mass is 10.2. The number of rotatable bonds is 6. The van der Waals surface area contributed by atoms with Crippen LogP contribution in [0.25, 0.3) is 10.2 Å². The van der Waals surface area contributed by atoms with Gasteiger partial charge in [-0.3, -0.25) is 9.59 Å². The number of hydrogen-bond acceptors (Lipinski definition) is 5. The summed E-state index contributed by atoms with van der Waals surface area (Å²) in [7, 11) is 0. The van der Waals surface area contributed by atoms with Gasteiger partial charge in [-0.25, -0.2) is 4.98 Å². The summed E-state index contributed by atoms with van der Waals surface area (Å²) < 4.78 is 0. The van der Waals surface area contributed by atoms with E-state index in [9.17, 15) is 9.59 Å². The highest BCUT2D eigenvalue weighted by atomic mass is 35.5. The lowest BCUT2D eigenvalue weighted by Crippen LogP contribution is -2.13. The molecule has 28 heavy (non-hydrogen) atoms. The summed E-state index contributed by atoms with van der Waals surface area (Å²) in [5.41, 5.74) is 1.76. The highest BCUT2D eigenvalue weighted by Gasteiger charge is 2.21. The van der Waals surface area contributed by atoms with E-state index in [0.717, 1.165) is 29.5 Å². The van der Waals surface area contributed by atoms with Crippen LogP contribution in [0.3, 0.4) is 0 Å². The van der Waals surface area contributed by atoms with Crippen molar-refractivity contribution in [3.8, 4) is 0 Å². The fourth-order valence-corrected chi connectivity index (χ4v) is 5.63. The molecule has 1 amide bonds. The minimum absolute atomic E-state index is 0.0441. The number of fused-ring (bicyclic) bond motifs is 3. The number of thioether (sulfide) groups is 1. The standard InChI is InChI=1S/C19H17Cl2N3O2S2/c20-12-5-4-10(8-13(12)21)22-16(25)6-7-27-9-15-23-18(26)17-11-2-1-3-14(11)28-19(17)24-15/h4-5,8H,1-3,6-7,9H2,(H,22,25)(H,23,24,26). The summed E-state index contributed by atoms with van der Waals surface area (Å²) >= 11 is 15.0. The summed E-state index contributed by atoms with van der Waals surface area (Å²) in [6.45, 7) is 0.